The number of hydrogen-bond donors (Lipinski definition) is 1. The third-order valence-corrected chi connectivity index (χ3v) is 3.44. The predicted molar refractivity (Wildman–Crippen MR) is 96.2 cm³/mol. The average Bonchev–Trinajstić information content (AvgIpc) is 2.53. The fraction of sp³-hybridized carbons (Fsp3) is 0.333. The smallest absolute Gasteiger partial charge is 0.176 e. The monoisotopic (exact) mass is 324 g/mol. The minimum absolute atomic E-state index is 0.00260. The lowest BCUT2D eigenvalue weighted by Crippen LogP contribution is -2.25. The van der Waals surface area contributed by atoms with E-state index in [0.29, 0.717) is 22.6 Å². The van der Waals surface area contributed by atoms with E-state index in [2.05, 4.69) is 5.92 Å². The minimum atomic E-state index is -1.55. The summed E-state index contributed by atoms with van der Waals surface area (Å²) >= 11 is 0. The quantitative estimate of drug-likeness (QED) is 0.812. The summed E-state index contributed by atoms with van der Waals surface area (Å²) in [5, 5.41) is 11.1. The highest BCUT2D eigenvalue weighted by molar-refractivity contribution is 5.49. The molecule has 1 unspecified atom stereocenters. The van der Waals surface area contributed by atoms with Crippen LogP contribution in [0.5, 0.6) is 11.5 Å². The van der Waals surface area contributed by atoms with Gasteiger partial charge in [0.15, 0.2) is 5.60 Å². The van der Waals surface area contributed by atoms with Crippen LogP contribution in [0.1, 0.15) is 38.8 Å². The van der Waals surface area contributed by atoms with Gasteiger partial charge < -0.3 is 14.6 Å². The highest BCUT2D eigenvalue weighted by Crippen LogP contribution is 2.35. The molecule has 0 heterocycles. The molecule has 1 atom stereocenters. The molecule has 0 aromatic heterocycles. The molecule has 2 rings (SSSR count). The second-order valence-electron chi connectivity index (χ2n) is 6.25. The van der Waals surface area contributed by atoms with Gasteiger partial charge in [-0.15, -0.1) is 6.42 Å². The number of benzene rings is 2. The third kappa shape index (κ3) is 4.10. The zero-order valence-corrected chi connectivity index (χ0v) is 14.6. The first-order valence-corrected chi connectivity index (χ1v) is 8.09. The van der Waals surface area contributed by atoms with Gasteiger partial charge in [0.1, 0.15) is 11.5 Å². The van der Waals surface area contributed by atoms with Crippen LogP contribution in [-0.4, -0.2) is 17.3 Å². The number of ether oxygens (including phenoxy) is 2. The van der Waals surface area contributed by atoms with E-state index in [4.69, 9.17) is 15.9 Å². The van der Waals surface area contributed by atoms with E-state index in [1.54, 1.807) is 24.3 Å². The molecule has 126 valence electrons. The molecule has 0 bridgehead atoms. The van der Waals surface area contributed by atoms with Gasteiger partial charge in [0.05, 0.1) is 12.2 Å². The lowest BCUT2D eigenvalue weighted by atomic mass is 9.87. The maximum atomic E-state index is 11.1. The Morgan fingerprint density at radius 1 is 0.875 bits per heavy atom. The Morgan fingerprint density at radius 2 is 1.38 bits per heavy atom. The highest BCUT2D eigenvalue weighted by atomic mass is 16.5. The fourth-order valence-electron chi connectivity index (χ4n) is 2.47. The maximum Gasteiger partial charge on any atom is 0.176 e. The minimum Gasteiger partial charge on any atom is -0.491 e. The summed E-state index contributed by atoms with van der Waals surface area (Å²) in [6.07, 6.45) is 5.70. The molecule has 3 nitrogen and oxygen atoms in total. The van der Waals surface area contributed by atoms with Gasteiger partial charge in [-0.2, -0.15) is 0 Å². The van der Waals surface area contributed by atoms with E-state index in [1.807, 2.05) is 52.0 Å². The van der Waals surface area contributed by atoms with E-state index in [1.165, 1.54) is 0 Å². The zero-order valence-electron chi connectivity index (χ0n) is 14.6. The zero-order chi connectivity index (χ0) is 17.7. The van der Waals surface area contributed by atoms with Crippen molar-refractivity contribution in [3.05, 3.63) is 59.7 Å². The molecule has 0 fully saturated rings. The Balaban J connectivity index is 2.56. The molecule has 0 aliphatic rings. The Hall–Kier alpha value is -2.44. The van der Waals surface area contributed by atoms with Crippen LogP contribution >= 0.6 is 0 Å². The first-order valence-electron chi connectivity index (χ1n) is 8.09. The summed E-state index contributed by atoms with van der Waals surface area (Å²) in [7, 11) is 0. The second-order valence-corrected chi connectivity index (χ2v) is 6.25. The summed E-state index contributed by atoms with van der Waals surface area (Å²) in [4.78, 5) is 0. The summed E-state index contributed by atoms with van der Waals surface area (Å²) in [6, 6.07) is 14.5. The van der Waals surface area contributed by atoms with Gasteiger partial charge >= 0.3 is 0 Å². The van der Waals surface area contributed by atoms with Crippen molar-refractivity contribution < 1.29 is 14.6 Å². The molecule has 0 spiro atoms. The topological polar surface area (TPSA) is 38.7 Å². The van der Waals surface area contributed by atoms with E-state index < -0.39 is 5.60 Å². The standard InChI is InChI=1S/C21H24O3/c1-6-21(22,17-10-8-7-9-11-17)18-12-19(23-15(2)3)14-20(13-18)24-16(4)5/h1,7-16,22H,2-5H3. The lowest BCUT2D eigenvalue weighted by Gasteiger charge is -2.25. The molecular weight excluding hydrogens is 300 g/mol. The van der Waals surface area contributed by atoms with Gasteiger partial charge in [-0.25, -0.2) is 0 Å². The molecule has 2 aromatic carbocycles. The van der Waals surface area contributed by atoms with E-state index in [0.717, 1.165) is 0 Å². The normalized spacial score (nSPS) is 13.4. The van der Waals surface area contributed by atoms with Crippen molar-refractivity contribution in [3.8, 4) is 23.8 Å². The van der Waals surface area contributed by atoms with Crippen LogP contribution in [0.25, 0.3) is 0 Å². The van der Waals surface area contributed by atoms with Crippen LogP contribution in [0.4, 0.5) is 0 Å². The van der Waals surface area contributed by atoms with Crippen LogP contribution in [0.2, 0.25) is 0 Å². The molecular formula is C21H24O3. The molecule has 0 amide bonds. The van der Waals surface area contributed by atoms with Gasteiger partial charge in [0.2, 0.25) is 0 Å². The van der Waals surface area contributed by atoms with Gasteiger partial charge in [-0.05, 0) is 39.8 Å². The van der Waals surface area contributed by atoms with Crippen LogP contribution < -0.4 is 9.47 Å². The van der Waals surface area contributed by atoms with Gasteiger partial charge in [-0.1, -0.05) is 36.3 Å². The first kappa shape index (κ1) is 17.9. The number of rotatable bonds is 6. The molecule has 0 saturated heterocycles. The lowest BCUT2D eigenvalue weighted by molar-refractivity contribution is 0.143. The van der Waals surface area contributed by atoms with Gasteiger partial charge in [0.25, 0.3) is 0 Å². The maximum absolute atomic E-state index is 11.1. The molecule has 0 saturated carbocycles. The molecule has 3 heteroatoms. The predicted octanol–water partition coefficient (Wildman–Crippen LogP) is 4.13. The molecule has 0 aliphatic carbocycles. The van der Waals surface area contributed by atoms with Crippen molar-refractivity contribution in [2.24, 2.45) is 0 Å². The second kappa shape index (κ2) is 7.42. The molecule has 24 heavy (non-hydrogen) atoms. The van der Waals surface area contributed by atoms with E-state index in [9.17, 15) is 5.11 Å². The Labute approximate surface area is 144 Å². The number of terminal acetylenes is 1. The van der Waals surface area contributed by atoms with Crippen LogP contribution in [0.15, 0.2) is 48.5 Å². The van der Waals surface area contributed by atoms with Crippen molar-refractivity contribution >= 4 is 0 Å². The Morgan fingerprint density at radius 3 is 1.79 bits per heavy atom. The number of aliphatic hydroxyl groups is 1. The Kier molecular flexibility index (Phi) is 5.54. The van der Waals surface area contributed by atoms with E-state index >= 15 is 0 Å². The average molecular weight is 324 g/mol. The highest BCUT2D eigenvalue weighted by Gasteiger charge is 2.30. The molecule has 1 N–H and O–H groups in total. The first-order chi connectivity index (χ1) is 11.3. The van der Waals surface area contributed by atoms with Crippen molar-refractivity contribution in [2.45, 2.75) is 45.5 Å². The third-order valence-electron chi connectivity index (χ3n) is 3.44. The van der Waals surface area contributed by atoms with Crippen LogP contribution in [0, 0.1) is 12.3 Å². The Bertz CT molecular complexity index is 685. The fourth-order valence-corrected chi connectivity index (χ4v) is 2.47. The summed E-state index contributed by atoms with van der Waals surface area (Å²) < 4.78 is 11.6. The van der Waals surface area contributed by atoms with Crippen molar-refractivity contribution in [1.29, 1.82) is 0 Å². The van der Waals surface area contributed by atoms with Crippen LogP contribution in [-0.2, 0) is 5.60 Å². The van der Waals surface area contributed by atoms with Crippen molar-refractivity contribution in [3.63, 3.8) is 0 Å². The van der Waals surface area contributed by atoms with Crippen molar-refractivity contribution in [1.82, 2.24) is 0 Å². The van der Waals surface area contributed by atoms with Crippen molar-refractivity contribution in [2.75, 3.05) is 0 Å². The summed E-state index contributed by atoms with van der Waals surface area (Å²) in [5.41, 5.74) is -0.373. The number of hydrogen-bond acceptors (Lipinski definition) is 3. The molecule has 2 aromatic rings. The summed E-state index contributed by atoms with van der Waals surface area (Å²) in [6.45, 7) is 7.78. The van der Waals surface area contributed by atoms with Gasteiger partial charge in [0, 0.05) is 17.2 Å². The van der Waals surface area contributed by atoms with E-state index in [-0.39, 0.29) is 12.2 Å². The summed E-state index contributed by atoms with van der Waals surface area (Å²) in [5.74, 6) is 3.74. The SMILES string of the molecule is C#CC(O)(c1ccccc1)c1cc(OC(C)C)cc(OC(C)C)c1. The van der Waals surface area contributed by atoms with Gasteiger partial charge in [-0.3, -0.25) is 0 Å². The molecule has 0 radical (unpaired) electrons. The van der Waals surface area contributed by atoms with Crippen LogP contribution in [0.3, 0.4) is 0 Å². The molecule has 0 aliphatic heterocycles. The largest absolute Gasteiger partial charge is 0.491 e.